The number of nitrogens with zero attached hydrogens (tertiary/aromatic N) is 1. The van der Waals surface area contributed by atoms with Gasteiger partial charge in [-0.05, 0) is 7.05 Å². The first-order chi connectivity index (χ1) is 10.8. The maximum absolute atomic E-state index is 12.0. The van der Waals surface area contributed by atoms with Crippen LogP contribution in [0.5, 0.6) is 0 Å². The Kier molecular flexibility index (Phi) is 9.69. The minimum absolute atomic E-state index is 0. The molecule has 24 heavy (non-hydrogen) atoms. The molecule has 2 saturated heterocycles. The summed E-state index contributed by atoms with van der Waals surface area (Å²) in [7, 11) is 1.72. The van der Waals surface area contributed by atoms with E-state index < -0.39 is 35.2 Å². The van der Waals surface area contributed by atoms with Gasteiger partial charge in [0.25, 0.3) is 0 Å². The number of carbonyl (C=O) groups excluding carboxylic acids is 4. The quantitative estimate of drug-likeness (QED) is 0.432. The molecule has 0 aromatic carbocycles. The smallest absolute Gasteiger partial charge is 0.328 e. The van der Waals surface area contributed by atoms with Crippen molar-refractivity contribution < 1.29 is 51.9 Å². The Hall–Kier alpha value is -0.986. The van der Waals surface area contributed by atoms with E-state index in [9.17, 15) is 19.2 Å². The average molecular weight is 413 g/mol. The molecular formula is C15H24N4O4Y-2. The summed E-state index contributed by atoms with van der Waals surface area (Å²) >= 11 is 0. The van der Waals surface area contributed by atoms with Crippen molar-refractivity contribution in [2.24, 2.45) is 5.41 Å². The molecule has 1 radical (unpaired) electrons. The minimum atomic E-state index is -1.48. The number of barbiturate groups is 1. The first-order valence-electron chi connectivity index (χ1n) is 7.55. The van der Waals surface area contributed by atoms with E-state index in [-0.39, 0.29) is 39.3 Å². The zero-order valence-electron chi connectivity index (χ0n) is 14.2. The van der Waals surface area contributed by atoms with Crippen molar-refractivity contribution in [3.63, 3.8) is 0 Å². The van der Waals surface area contributed by atoms with Crippen molar-refractivity contribution in [1.82, 2.24) is 20.9 Å². The van der Waals surface area contributed by atoms with Crippen LogP contribution in [0.2, 0.25) is 0 Å². The first-order valence-corrected chi connectivity index (χ1v) is 7.55. The van der Waals surface area contributed by atoms with Gasteiger partial charge in [-0.15, -0.1) is 0 Å². The maximum Gasteiger partial charge on any atom is 0.328 e. The van der Waals surface area contributed by atoms with Crippen molar-refractivity contribution >= 4 is 23.8 Å². The van der Waals surface area contributed by atoms with Crippen LogP contribution in [0.3, 0.4) is 0 Å². The molecule has 1 spiro atoms. The van der Waals surface area contributed by atoms with E-state index in [0.717, 1.165) is 6.42 Å². The Morgan fingerprint density at radius 3 is 2.25 bits per heavy atom. The zero-order chi connectivity index (χ0) is 17.6. The number of hydrogen-bond acceptors (Lipinski definition) is 5. The van der Waals surface area contributed by atoms with E-state index in [4.69, 9.17) is 0 Å². The van der Waals surface area contributed by atoms with Crippen LogP contribution >= 0.6 is 0 Å². The summed E-state index contributed by atoms with van der Waals surface area (Å²) < 4.78 is 0. The predicted octanol–water partition coefficient (Wildman–Crippen LogP) is -0.389. The number of rotatable bonds is 3. The molecule has 0 aromatic rings. The van der Waals surface area contributed by atoms with Gasteiger partial charge in [-0.1, -0.05) is 19.8 Å². The third kappa shape index (κ3) is 5.26. The van der Waals surface area contributed by atoms with Crippen LogP contribution in [0.1, 0.15) is 26.2 Å². The van der Waals surface area contributed by atoms with Gasteiger partial charge in [-0.3, -0.25) is 20.2 Å². The van der Waals surface area contributed by atoms with Crippen molar-refractivity contribution in [1.29, 1.82) is 0 Å². The van der Waals surface area contributed by atoms with Crippen molar-refractivity contribution in [2.75, 3.05) is 20.1 Å². The molecular weight excluding hydrogens is 389 g/mol. The van der Waals surface area contributed by atoms with Gasteiger partial charge >= 0.3 is 6.03 Å². The summed E-state index contributed by atoms with van der Waals surface area (Å²) in [6.45, 7) is 9.48. The number of carbonyl (C=O) groups is 4. The van der Waals surface area contributed by atoms with Crippen LogP contribution in [-0.2, 0) is 47.1 Å². The molecule has 2 fully saturated rings. The number of hydrogen-bond donors (Lipinski definition) is 3. The molecule has 0 aliphatic carbocycles. The fraction of sp³-hybridized carbons (Fsp3) is 0.600. The number of likely N-dealkylation sites (tertiary alicyclic amines) is 1. The minimum Gasteiger partial charge on any atom is -0.375 e. The van der Waals surface area contributed by atoms with Crippen LogP contribution in [0.15, 0.2) is 0 Å². The van der Waals surface area contributed by atoms with E-state index in [1.165, 1.54) is 12.8 Å². The van der Waals surface area contributed by atoms with Crippen LogP contribution in [0.4, 0.5) is 4.79 Å². The molecule has 0 aromatic heterocycles. The molecule has 5 amide bonds. The molecule has 2 rings (SSSR count). The molecule has 133 valence electrons. The largest absolute Gasteiger partial charge is 0.375 e. The summed E-state index contributed by atoms with van der Waals surface area (Å²) in [5, 5.41) is 6.60. The van der Waals surface area contributed by atoms with Crippen LogP contribution in [0.25, 0.3) is 0 Å². The van der Waals surface area contributed by atoms with E-state index in [1.807, 2.05) is 0 Å². The predicted molar refractivity (Wildman–Crippen MR) is 83.8 cm³/mol. The Bertz CT molecular complexity index is 476. The van der Waals surface area contributed by atoms with Crippen molar-refractivity contribution in [3.8, 4) is 0 Å². The summed E-state index contributed by atoms with van der Waals surface area (Å²) in [6, 6.07) is -1.55. The topological polar surface area (TPSA) is 108 Å². The molecule has 3 N–H and O–H groups in total. The normalized spacial score (nSPS) is 22.0. The van der Waals surface area contributed by atoms with Crippen LogP contribution in [0, 0.1) is 19.3 Å². The summed E-state index contributed by atoms with van der Waals surface area (Å²) in [5.74, 6) is -1.97. The van der Waals surface area contributed by atoms with E-state index in [1.54, 1.807) is 11.9 Å². The van der Waals surface area contributed by atoms with Crippen LogP contribution < -0.4 is 16.0 Å². The Morgan fingerprint density at radius 2 is 1.88 bits per heavy atom. The number of likely N-dealkylation sites (N-methyl/N-ethyl adjacent to an activating group) is 1. The Morgan fingerprint density at radius 1 is 1.33 bits per heavy atom. The third-order valence-electron chi connectivity index (χ3n) is 3.81. The number of urea groups is 1. The number of amides is 5. The fourth-order valence-electron chi connectivity index (χ4n) is 2.70. The molecule has 8 nitrogen and oxygen atoms in total. The average Bonchev–Trinajstić information content (AvgIpc) is 2.75. The Labute approximate surface area is 167 Å². The van der Waals surface area contributed by atoms with Crippen molar-refractivity contribution in [2.45, 2.75) is 32.2 Å². The molecule has 1 atom stereocenters. The second-order valence-corrected chi connectivity index (χ2v) is 5.73. The van der Waals surface area contributed by atoms with Gasteiger partial charge in [0.1, 0.15) is 0 Å². The zero-order valence-corrected chi connectivity index (χ0v) is 17.0. The molecule has 2 aliphatic heterocycles. The molecule has 2 aliphatic rings. The maximum atomic E-state index is 12.0. The SMILES string of the molecule is [CH2-]C(=O)NC1CN(C)CC12C(=O)NC(=O)NC2=O.[CH2-]CCCC.[Y]. The third-order valence-corrected chi connectivity index (χ3v) is 3.81. The summed E-state index contributed by atoms with van der Waals surface area (Å²) in [6.07, 6.45) is 3.65. The van der Waals surface area contributed by atoms with Gasteiger partial charge < -0.3 is 28.9 Å². The van der Waals surface area contributed by atoms with Gasteiger partial charge in [0, 0.05) is 45.8 Å². The molecule has 1 unspecified atom stereocenters. The molecule has 0 bridgehead atoms. The number of nitrogens with one attached hydrogen (secondary N) is 3. The van der Waals surface area contributed by atoms with Gasteiger partial charge in [0.05, 0.1) is 11.9 Å². The van der Waals surface area contributed by atoms with E-state index in [2.05, 4.69) is 36.7 Å². The van der Waals surface area contributed by atoms with Crippen molar-refractivity contribution in [3.05, 3.63) is 13.8 Å². The summed E-state index contributed by atoms with van der Waals surface area (Å²) in [4.78, 5) is 47.8. The standard InChI is InChI=1S/C10H13N4O4.C5H11.Y/c1-5(15)11-6-3-14(2)4-10(6)7(16)12-9(18)13-8(10)17;1-3-5-4-2;/h6H,1,3-4H2,2H3,(H,11,15)(H2,12,13,16,17,18);1,3-5H2,2H3;/q2*-1;. The monoisotopic (exact) mass is 413 g/mol. The van der Waals surface area contributed by atoms with Gasteiger partial charge in [-0.25, -0.2) is 4.79 Å². The fourth-order valence-corrected chi connectivity index (χ4v) is 2.70. The molecule has 9 heteroatoms. The molecule has 2 heterocycles. The Balaban J connectivity index is 0.000000777. The molecule has 0 saturated carbocycles. The number of unbranched alkanes of at least 4 members (excludes halogenated alkanes) is 2. The van der Waals surface area contributed by atoms with E-state index in [0.29, 0.717) is 6.54 Å². The van der Waals surface area contributed by atoms with E-state index >= 15 is 0 Å². The second-order valence-electron chi connectivity index (χ2n) is 5.73. The first kappa shape index (κ1) is 23.0. The number of imide groups is 2. The second kappa shape index (κ2) is 10.1. The van der Waals surface area contributed by atoms with Gasteiger partial charge in [0.15, 0.2) is 5.41 Å². The van der Waals surface area contributed by atoms with Gasteiger partial charge in [0.2, 0.25) is 11.8 Å². The van der Waals surface area contributed by atoms with Crippen LogP contribution in [-0.4, -0.2) is 54.8 Å². The summed E-state index contributed by atoms with van der Waals surface area (Å²) in [5.41, 5.74) is -1.48. The van der Waals surface area contributed by atoms with Gasteiger partial charge in [-0.2, -0.15) is 6.42 Å².